The van der Waals surface area contributed by atoms with Crippen LogP contribution in [0.4, 0.5) is 4.39 Å². The standard InChI is InChI=1S/C20H33FO3/c1-4-5-6-7-8-9-12-18(20(22,23-2)24-3)15-14-17-11-10-13-19(21)16-17/h10-11,13,16,18,22H,4-9,12,14-15H2,1-3H3. The predicted molar refractivity (Wildman–Crippen MR) is 95.2 cm³/mol. The predicted octanol–water partition coefficient (Wildman–Crippen LogP) is 5.06. The van der Waals surface area contributed by atoms with Gasteiger partial charge in [-0.2, -0.15) is 0 Å². The molecule has 0 heterocycles. The molecule has 1 atom stereocenters. The third-order valence-electron chi connectivity index (χ3n) is 4.68. The molecule has 1 N–H and O–H groups in total. The lowest BCUT2D eigenvalue weighted by atomic mass is 9.91. The van der Waals surface area contributed by atoms with Crippen molar-refractivity contribution in [3.05, 3.63) is 35.6 Å². The second-order valence-corrected chi connectivity index (χ2v) is 6.46. The fraction of sp³-hybridized carbons (Fsp3) is 0.700. The van der Waals surface area contributed by atoms with Gasteiger partial charge in [-0.25, -0.2) is 4.39 Å². The molecule has 0 aliphatic carbocycles. The van der Waals surface area contributed by atoms with Gasteiger partial charge in [0.05, 0.1) is 0 Å². The number of hydrogen-bond acceptors (Lipinski definition) is 3. The molecular weight excluding hydrogens is 307 g/mol. The highest BCUT2D eigenvalue weighted by molar-refractivity contribution is 5.16. The molecule has 0 bridgehead atoms. The molecule has 4 heteroatoms. The van der Waals surface area contributed by atoms with E-state index in [1.807, 2.05) is 6.07 Å². The van der Waals surface area contributed by atoms with Crippen LogP contribution >= 0.6 is 0 Å². The van der Waals surface area contributed by atoms with Crippen LogP contribution in [0.1, 0.15) is 63.9 Å². The summed E-state index contributed by atoms with van der Waals surface area (Å²) in [4.78, 5) is 0. The average Bonchev–Trinajstić information content (AvgIpc) is 2.59. The Morgan fingerprint density at radius 3 is 2.33 bits per heavy atom. The molecule has 24 heavy (non-hydrogen) atoms. The van der Waals surface area contributed by atoms with Crippen LogP contribution in [0.5, 0.6) is 0 Å². The summed E-state index contributed by atoms with van der Waals surface area (Å²) in [5, 5.41) is 10.5. The van der Waals surface area contributed by atoms with Crippen molar-refractivity contribution in [3.8, 4) is 0 Å². The van der Waals surface area contributed by atoms with Gasteiger partial charge >= 0.3 is 0 Å². The molecule has 0 aliphatic rings. The number of aliphatic hydroxyl groups is 1. The van der Waals surface area contributed by atoms with E-state index in [9.17, 15) is 9.50 Å². The summed E-state index contributed by atoms with van der Waals surface area (Å²) in [6, 6.07) is 6.61. The fourth-order valence-corrected chi connectivity index (χ4v) is 3.13. The first-order valence-electron chi connectivity index (χ1n) is 9.12. The summed E-state index contributed by atoms with van der Waals surface area (Å²) in [7, 11) is 2.92. The third kappa shape index (κ3) is 7.29. The van der Waals surface area contributed by atoms with Gasteiger partial charge in [0.1, 0.15) is 5.82 Å². The van der Waals surface area contributed by atoms with Gasteiger partial charge in [-0.3, -0.25) is 0 Å². The minimum Gasteiger partial charge on any atom is -0.343 e. The van der Waals surface area contributed by atoms with Gasteiger partial charge in [0, 0.05) is 20.1 Å². The Bertz CT molecular complexity index is 446. The molecule has 0 saturated heterocycles. The number of unbranched alkanes of at least 4 members (excludes halogenated alkanes) is 5. The largest absolute Gasteiger partial charge is 0.343 e. The van der Waals surface area contributed by atoms with E-state index in [4.69, 9.17) is 9.47 Å². The molecule has 1 unspecified atom stereocenters. The maximum Gasteiger partial charge on any atom is 0.282 e. The molecule has 0 fully saturated rings. The number of halogens is 1. The second-order valence-electron chi connectivity index (χ2n) is 6.46. The monoisotopic (exact) mass is 340 g/mol. The molecule has 0 spiro atoms. The Hall–Kier alpha value is -0.970. The van der Waals surface area contributed by atoms with Crippen molar-refractivity contribution in [2.45, 2.75) is 70.7 Å². The molecule has 0 aliphatic heterocycles. The number of methoxy groups -OCH3 is 2. The molecule has 1 rings (SSSR count). The summed E-state index contributed by atoms with van der Waals surface area (Å²) < 4.78 is 23.7. The number of benzene rings is 1. The maximum atomic E-state index is 13.3. The zero-order chi connectivity index (χ0) is 17.8. The summed E-state index contributed by atoms with van der Waals surface area (Å²) in [6.45, 7) is 2.21. The molecule has 0 aromatic heterocycles. The van der Waals surface area contributed by atoms with Crippen LogP contribution in [0.15, 0.2) is 24.3 Å². The Labute approximate surface area is 146 Å². The zero-order valence-electron chi connectivity index (χ0n) is 15.4. The normalized spacial score (nSPS) is 13.2. The van der Waals surface area contributed by atoms with Crippen LogP contribution in [0.25, 0.3) is 0 Å². The molecule has 0 radical (unpaired) electrons. The summed E-state index contributed by atoms with van der Waals surface area (Å²) in [6.07, 6.45) is 9.41. The van der Waals surface area contributed by atoms with Crippen molar-refractivity contribution < 1.29 is 19.0 Å². The van der Waals surface area contributed by atoms with Gasteiger partial charge in [0.25, 0.3) is 5.97 Å². The van der Waals surface area contributed by atoms with Crippen LogP contribution < -0.4 is 0 Å². The molecule has 1 aromatic carbocycles. The number of hydrogen-bond donors (Lipinski definition) is 1. The van der Waals surface area contributed by atoms with E-state index in [2.05, 4.69) is 6.92 Å². The molecule has 0 amide bonds. The smallest absolute Gasteiger partial charge is 0.282 e. The van der Waals surface area contributed by atoms with Gasteiger partial charge in [0.2, 0.25) is 0 Å². The van der Waals surface area contributed by atoms with E-state index in [1.54, 1.807) is 12.1 Å². The van der Waals surface area contributed by atoms with Crippen molar-refractivity contribution in [2.75, 3.05) is 14.2 Å². The Morgan fingerprint density at radius 1 is 1.04 bits per heavy atom. The first-order valence-corrected chi connectivity index (χ1v) is 9.12. The summed E-state index contributed by atoms with van der Waals surface area (Å²) in [5.41, 5.74) is 0.928. The van der Waals surface area contributed by atoms with Crippen molar-refractivity contribution in [2.24, 2.45) is 5.92 Å². The van der Waals surface area contributed by atoms with Gasteiger partial charge in [-0.15, -0.1) is 0 Å². The fourth-order valence-electron chi connectivity index (χ4n) is 3.13. The number of rotatable bonds is 13. The first kappa shape index (κ1) is 21.1. The molecule has 1 aromatic rings. The van der Waals surface area contributed by atoms with E-state index in [0.29, 0.717) is 12.8 Å². The molecule has 0 saturated carbocycles. The van der Waals surface area contributed by atoms with E-state index in [1.165, 1.54) is 46.0 Å². The highest BCUT2D eigenvalue weighted by Crippen LogP contribution is 2.29. The Morgan fingerprint density at radius 2 is 1.71 bits per heavy atom. The highest BCUT2D eigenvalue weighted by atomic mass is 19.1. The lowest BCUT2D eigenvalue weighted by Gasteiger charge is -2.33. The summed E-state index contributed by atoms with van der Waals surface area (Å²) in [5.74, 6) is -1.94. The Kier molecular flexibility index (Phi) is 10.2. The van der Waals surface area contributed by atoms with E-state index < -0.39 is 5.97 Å². The number of aryl methyl sites for hydroxylation is 1. The quantitative estimate of drug-likeness (QED) is 0.403. The minimum atomic E-state index is -1.57. The van der Waals surface area contributed by atoms with Crippen molar-refractivity contribution in [3.63, 3.8) is 0 Å². The van der Waals surface area contributed by atoms with Crippen LogP contribution in [0, 0.1) is 11.7 Å². The molecule has 138 valence electrons. The van der Waals surface area contributed by atoms with Crippen molar-refractivity contribution >= 4 is 0 Å². The average molecular weight is 340 g/mol. The first-order chi connectivity index (χ1) is 11.6. The van der Waals surface area contributed by atoms with Crippen molar-refractivity contribution in [1.82, 2.24) is 0 Å². The van der Waals surface area contributed by atoms with E-state index in [0.717, 1.165) is 24.8 Å². The zero-order valence-corrected chi connectivity index (χ0v) is 15.4. The molecule has 3 nitrogen and oxygen atoms in total. The van der Waals surface area contributed by atoms with Gasteiger partial charge in [-0.05, 0) is 37.0 Å². The van der Waals surface area contributed by atoms with Crippen LogP contribution in [-0.2, 0) is 15.9 Å². The number of ether oxygens (including phenoxy) is 2. The minimum absolute atomic E-state index is 0.137. The van der Waals surface area contributed by atoms with Crippen molar-refractivity contribution in [1.29, 1.82) is 0 Å². The van der Waals surface area contributed by atoms with E-state index in [-0.39, 0.29) is 11.7 Å². The molecular formula is C20H33FO3. The topological polar surface area (TPSA) is 38.7 Å². The van der Waals surface area contributed by atoms with Crippen LogP contribution in [-0.4, -0.2) is 25.3 Å². The third-order valence-corrected chi connectivity index (χ3v) is 4.68. The lowest BCUT2D eigenvalue weighted by Crippen LogP contribution is -2.42. The maximum absolute atomic E-state index is 13.3. The highest BCUT2D eigenvalue weighted by Gasteiger charge is 2.36. The lowest BCUT2D eigenvalue weighted by molar-refractivity contribution is -0.369. The summed E-state index contributed by atoms with van der Waals surface area (Å²) >= 11 is 0. The van der Waals surface area contributed by atoms with Crippen LogP contribution in [0.2, 0.25) is 0 Å². The SMILES string of the molecule is CCCCCCCCC(CCc1cccc(F)c1)C(O)(OC)OC. The van der Waals surface area contributed by atoms with Gasteiger partial charge in [-0.1, -0.05) is 57.6 Å². The second kappa shape index (κ2) is 11.6. The van der Waals surface area contributed by atoms with E-state index >= 15 is 0 Å². The van der Waals surface area contributed by atoms with Crippen LogP contribution in [0.3, 0.4) is 0 Å². The Balaban J connectivity index is 2.54. The van der Waals surface area contributed by atoms with Gasteiger partial charge in [0.15, 0.2) is 0 Å². The van der Waals surface area contributed by atoms with Gasteiger partial charge < -0.3 is 14.6 Å².